The summed E-state index contributed by atoms with van der Waals surface area (Å²) in [5.41, 5.74) is -0.0661. The van der Waals surface area contributed by atoms with Crippen molar-refractivity contribution < 1.29 is 4.74 Å². The summed E-state index contributed by atoms with van der Waals surface area (Å²) < 4.78 is 6.89. The first-order chi connectivity index (χ1) is 9.31. The smallest absolute Gasteiger partial charge is 0.278 e. The number of benzene rings is 1. The number of nitrogens with zero attached hydrogens (tertiary/aromatic N) is 2. The van der Waals surface area contributed by atoms with Crippen LogP contribution in [-0.4, -0.2) is 30.0 Å². The lowest BCUT2D eigenvalue weighted by Gasteiger charge is -2.23. The van der Waals surface area contributed by atoms with Crippen molar-refractivity contribution in [2.75, 3.05) is 20.2 Å². The summed E-state index contributed by atoms with van der Waals surface area (Å²) in [4.78, 5) is 12.6. The van der Waals surface area contributed by atoms with Gasteiger partial charge in [-0.3, -0.25) is 4.79 Å². The van der Waals surface area contributed by atoms with Gasteiger partial charge in [0.05, 0.1) is 24.7 Å². The topological polar surface area (TPSA) is 56.1 Å². The predicted molar refractivity (Wildman–Crippen MR) is 73.7 cm³/mol. The van der Waals surface area contributed by atoms with Gasteiger partial charge in [-0.2, -0.15) is 5.10 Å². The molecule has 0 saturated carbocycles. The molecule has 0 aliphatic carbocycles. The normalized spacial score (nSPS) is 19.5. The second-order valence-electron chi connectivity index (χ2n) is 4.82. The molecule has 1 unspecified atom stereocenters. The van der Waals surface area contributed by atoms with E-state index in [2.05, 4.69) is 10.4 Å². The van der Waals surface area contributed by atoms with Crippen LogP contribution >= 0.6 is 0 Å². The van der Waals surface area contributed by atoms with Crippen LogP contribution in [0.2, 0.25) is 0 Å². The number of fused-ring (bicyclic) bond motifs is 1. The highest BCUT2D eigenvalue weighted by Crippen LogP contribution is 2.22. The number of piperidine rings is 1. The fourth-order valence-corrected chi connectivity index (χ4v) is 2.65. The molecule has 1 aromatic carbocycles. The second-order valence-corrected chi connectivity index (χ2v) is 4.82. The Labute approximate surface area is 111 Å². The first-order valence-electron chi connectivity index (χ1n) is 6.56. The van der Waals surface area contributed by atoms with Crippen LogP contribution in [0.25, 0.3) is 10.8 Å². The van der Waals surface area contributed by atoms with E-state index in [9.17, 15) is 4.79 Å². The molecule has 1 aliphatic heterocycles. The van der Waals surface area contributed by atoms with Crippen molar-refractivity contribution in [1.82, 2.24) is 15.1 Å². The van der Waals surface area contributed by atoms with Gasteiger partial charge in [-0.15, -0.1) is 0 Å². The summed E-state index contributed by atoms with van der Waals surface area (Å²) in [6.07, 6.45) is 3.80. The van der Waals surface area contributed by atoms with Gasteiger partial charge in [0.15, 0.2) is 0 Å². The molecular formula is C14H17N3O2. The van der Waals surface area contributed by atoms with Crippen LogP contribution in [-0.2, 0) is 0 Å². The van der Waals surface area contributed by atoms with Crippen molar-refractivity contribution in [3.05, 3.63) is 34.7 Å². The predicted octanol–water partition coefficient (Wildman–Crippen LogP) is 1.33. The fraction of sp³-hybridized carbons (Fsp3) is 0.429. The number of methoxy groups -OCH3 is 1. The molecule has 2 aromatic rings. The van der Waals surface area contributed by atoms with Gasteiger partial charge >= 0.3 is 0 Å². The zero-order chi connectivity index (χ0) is 13.2. The van der Waals surface area contributed by atoms with Crippen LogP contribution < -0.4 is 15.6 Å². The molecule has 3 rings (SSSR count). The fourth-order valence-electron chi connectivity index (χ4n) is 2.65. The summed E-state index contributed by atoms with van der Waals surface area (Å²) in [5.74, 6) is 0.613. The average Bonchev–Trinajstić information content (AvgIpc) is 2.48. The minimum Gasteiger partial charge on any atom is -0.496 e. The SMILES string of the molecule is COc1cccc2cnn(C3CCCNC3)c(=O)c12. The number of rotatable bonds is 2. The van der Waals surface area contributed by atoms with Gasteiger partial charge < -0.3 is 10.1 Å². The minimum atomic E-state index is -0.0661. The third kappa shape index (κ3) is 2.10. The lowest BCUT2D eigenvalue weighted by atomic mass is 10.1. The molecule has 19 heavy (non-hydrogen) atoms. The quantitative estimate of drug-likeness (QED) is 0.884. The highest BCUT2D eigenvalue weighted by molar-refractivity contribution is 5.86. The molecule has 1 aliphatic rings. The molecule has 1 saturated heterocycles. The number of ether oxygens (including phenoxy) is 1. The zero-order valence-corrected chi connectivity index (χ0v) is 10.9. The van der Waals surface area contributed by atoms with Gasteiger partial charge in [0.2, 0.25) is 0 Å². The van der Waals surface area contributed by atoms with E-state index in [1.54, 1.807) is 18.0 Å². The molecule has 0 radical (unpaired) electrons. The van der Waals surface area contributed by atoms with Gasteiger partial charge in [-0.25, -0.2) is 4.68 Å². The van der Waals surface area contributed by atoms with Crippen molar-refractivity contribution in [3.8, 4) is 5.75 Å². The van der Waals surface area contributed by atoms with E-state index in [0.717, 1.165) is 31.3 Å². The Bertz CT molecular complexity index is 645. The van der Waals surface area contributed by atoms with Crippen LogP contribution in [0.1, 0.15) is 18.9 Å². The number of nitrogens with one attached hydrogen (secondary N) is 1. The van der Waals surface area contributed by atoms with E-state index in [1.807, 2.05) is 18.2 Å². The molecule has 100 valence electrons. The minimum absolute atomic E-state index is 0.0661. The maximum absolute atomic E-state index is 12.6. The van der Waals surface area contributed by atoms with Crippen molar-refractivity contribution in [3.63, 3.8) is 0 Å². The molecule has 0 amide bonds. The summed E-state index contributed by atoms with van der Waals surface area (Å²) in [7, 11) is 1.58. The van der Waals surface area contributed by atoms with E-state index in [4.69, 9.17) is 4.74 Å². The Balaban J connectivity index is 2.16. The van der Waals surface area contributed by atoms with Crippen LogP contribution in [0.3, 0.4) is 0 Å². The average molecular weight is 259 g/mol. The summed E-state index contributed by atoms with van der Waals surface area (Å²) >= 11 is 0. The van der Waals surface area contributed by atoms with Crippen molar-refractivity contribution in [1.29, 1.82) is 0 Å². The molecule has 5 nitrogen and oxygen atoms in total. The Kier molecular flexibility index (Phi) is 3.21. The highest BCUT2D eigenvalue weighted by atomic mass is 16.5. The highest BCUT2D eigenvalue weighted by Gasteiger charge is 2.19. The molecular weight excluding hydrogens is 242 g/mol. The molecule has 1 N–H and O–H groups in total. The Hall–Kier alpha value is -1.88. The van der Waals surface area contributed by atoms with Crippen LogP contribution in [0, 0.1) is 0 Å². The summed E-state index contributed by atoms with van der Waals surface area (Å²) in [6.45, 7) is 1.82. The first kappa shape index (κ1) is 12.2. The largest absolute Gasteiger partial charge is 0.496 e. The van der Waals surface area contributed by atoms with E-state index in [-0.39, 0.29) is 11.6 Å². The Morgan fingerprint density at radius 1 is 1.47 bits per heavy atom. The zero-order valence-electron chi connectivity index (χ0n) is 10.9. The molecule has 2 heterocycles. The van der Waals surface area contributed by atoms with Gasteiger partial charge in [0, 0.05) is 11.9 Å². The lowest BCUT2D eigenvalue weighted by molar-refractivity contribution is 0.336. The van der Waals surface area contributed by atoms with Crippen molar-refractivity contribution in [2.45, 2.75) is 18.9 Å². The lowest BCUT2D eigenvalue weighted by Crippen LogP contribution is -2.37. The molecule has 5 heteroatoms. The molecule has 1 fully saturated rings. The third-order valence-electron chi connectivity index (χ3n) is 3.64. The standard InChI is InChI=1S/C14H17N3O2/c1-19-12-6-2-4-10-8-16-17(14(18)13(10)12)11-5-3-7-15-9-11/h2,4,6,8,11,15H,3,5,7,9H2,1H3. The number of hydrogen-bond donors (Lipinski definition) is 1. The molecule has 0 spiro atoms. The maximum atomic E-state index is 12.6. The number of aromatic nitrogens is 2. The van der Waals surface area contributed by atoms with Gasteiger partial charge in [0.1, 0.15) is 5.75 Å². The maximum Gasteiger partial charge on any atom is 0.278 e. The van der Waals surface area contributed by atoms with Crippen LogP contribution in [0.4, 0.5) is 0 Å². The van der Waals surface area contributed by atoms with E-state index in [0.29, 0.717) is 11.1 Å². The Morgan fingerprint density at radius 2 is 2.37 bits per heavy atom. The van der Waals surface area contributed by atoms with Gasteiger partial charge in [0.25, 0.3) is 5.56 Å². The van der Waals surface area contributed by atoms with Gasteiger partial charge in [-0.1, -0.05) is 12.1 Å². The number of hydrogen-bond acceptors (Lipinski definition) is 4. The van der Waals surface area contributed by atoms with Crippen LogP contribution in [0.15, 0.2) is 29.2 Å². The van der Waals surface area contributed by atoms with Crippen molar-refractivity contribution >= 4 is 10.8 Å². The third-order valence-corrected chi connectivity index (χ3v) is 3.64. The Morgan fingerprint density at radius 3 is 3.11 bits per heavy atom. The monoisotopic (exact) mass is 259 g/mol. The molecule has 1 atom stereocenters. The van der Waals surface area contributed by atoms with E-state index in [1.165, 1.54) is 0 Å². The summed E-state index contributed by atoms with van der Waals surface area (Å²) in [6, 6.07) is 5.70. The van der Waals surface area contributed by atoms with Crippen LogP contribution in [0.5, 0.6) is 5.75 Å². The van der Waals surface area contributed by atoms with E-state index >= 15 is 0 Å². The first-order valence-corrected chi connectivity index (χ1v) is 6.56. The molecule has 0 bridgehead atoms. The summed E-state index contributed by atoms with van der Waals surface area (Å²) in [5, 5.41) is 9.06. The molecule has 1 aromatic heterocycles. The van der Waals surface area contributed by atoms with E-state index < -0.39 is 0 Å². The second kappa shape index (κ2) is 5.01. The van der Waals surface area contributed by atoms with Crippen molar-refractivity contribution in [2.24, 2.45) is 0 Å². The van der Waals surface area contributed by atoms with Gasteiger partial charge in [-0.05, 0) is 25.5 Å².